The van der Waals surface area contributed by atoms with Crippen molar-refractivity contribution in [1.29, 1.82) is 0 Å². The molecule has 0 bridgehead atoms. The summed E-state index contributed by atoms with van der Waals surface area (Å²) < 4.78 is 27.8. The molecule has 0 aliphatic carbocycles. The first kappa shape index (κ1) is 14.3. The standard InChI is InChI=1S/C16H12F2N2O2/c17-13-5-12-15(6-14(13)18)19-9-20(16(12)22)7-10-1-3-11(8-21)4-2-10/h1-6,9,21H,7-8H2. The van der Waals surface area contributed by atoms with Crippen LogP contribution in [0.3, 0.4) is 0 Å². The average molecular weight is 302 g/mol. The molecular formula is C16H12F2N2O2. The second kappa shape index (κ2) is 5.65. The van der Waals surface area contributed by atoms with E-state index in [2.05, 4.69) is 4.98 Å². The molecule has 3 aromatic rings. The number of benzene rings is 2. The lowest BCUT2D eigenvalue weighted by molar-refractivity contribution is 0.282. The molecule has 22 heavy (non-hydrogen) atoms. The minimum atomic E-state index is -1.07. The molecule has 0 saturated carbocycles. The summed E-state index contributed by atoms with van der Waals surface area (Å²) >= 11 is 0. The predicted molar refractivity (Wildman–Crippen MR) is 77.4 cm³/mol. The van der Waals surface area contributed by atoms with Crippen molar-refractivity contribution in [1.82, 2.24) is 9.55 Å². The van der Waals surface area contributed by atoms with E-state index in [1.54, 1.807) is 24.3 Å². The summed E-state index contributed by atoms with van der Waals surface area (Å²) in [6.07, 6.45) is 1.31. The maximum absolute atomic E-state index is 13.3. The second-order valence-electron chi connectivity index (χ2n) is 4.94. The summed E-state index contributed by atoms with van der Waals surface area (Å²) in [6, 6.07) is 8.85. The highest BCUT2D eigenvalue weighted by Crippen LogP contribution is 2.13. The van der Waals surface area contributed by atoms with E-state index in [0.29, 0.717) is 0 Å². The van der Waals surface area contributed by atoms with Gasteiger partial charge in [-0.2, -0.15) is 0 Å². The lowest BCUT2D eigenvalue weighted by atomic mass is 10.1. The van der Waals surface area contributed by atoms with Crippen LogP contribution in [-0.4, -0.2) is 14.7 Å². The van der Waals surface area contributed by atoms with Gasteiger partial charge in [0, 0.05) is 6.07 Å². The Bertz CT molecular complexity index is 889. The monoisotopic (exact) mass is 302 g/mol. The predicted octanol–water partition coefficient (Wildman–Crippen LogP) is 2.22. The molecule has 0 fully saturated rings. The van der Waals surface area contributed by atoms with Crippen LogP contribution < -0.4 is 5.56 Å². The molecule has 0 spiro atoms. The third-order valence-corrected chi connectivity index (χ3v) is 3.42. The van der Waals surface area contributed by atoms with Crippen LogP contribution in [0.2, 0.25) is 0 Å². The van der Waals surface area contributed by atoms with Crippen LogP contribution in [0, 0.1) is 11.6 Å². The molecule has 0 saturated heterocycles. The SMILES string of the molecule is O=c1c2cc(F)c(F)cc2ncn1Cc1ccc(CO)cc1. The molecule has 0 aliphatic rings. The maximum atomic E-state index is 13.3. The van der Waals surface area contributed by atoms with Gasteiger partial charge in [-0.1, -0.05) is 24.3 Å². The molecule has 6 heteroatoms. The van der Waals surface area contributed by atoms with Crippen molar-refractivity contribution < 1.29 is 13.9 Å². The molecule has 0 amide bonds. The lowest BCUT2D eigenvalue weighted by Crippen LogP contribution is -2.21. The third-order valence-electron chi connectivity index (χ3n) is 3.42. The van der Waals surface area contributed by atoms with Gasteiger partial charge in [-0.05, 0) is 17.2 Å². The molecule has 112 valence electrons. The van der Waals surface area contributed by atoms with Crippen LogP contribution in [0.4, 0.5) is 8.78 Å². The molecule has 0 atom stereocenters. The van der Waals surface area contributed by atoms with E-state index < -0.39 is 17.2 Å². The first-order valence-electron chi connectivity index (χ1n) is 6.61. The summed E-state index contributed by atoms with van der Waals surface area (Å²) in [4.78, 5) is 16.3. The van der Waals surface area contributed by atoms with E-state index in [1.807, 2.05) is 0 Å². The Labute approximate surface area is 124 Å². The Kier molecular flexibility index (Phi) is 3.68. The van der Waals surface area contributed by atoms with Crippen LogP contribution >= 0.6 is 0 Å². The molecule has 4 nitrogen and oxygen atoms in total. The summed E-state index contributed by atoms with van der Waals surface area (Å²) in [5.41, 5.74) is 1.29. The van der Waals surface area contributed by atoms with Crippen molar-refractivity contribution >= 4 is 10.9 Å². The first-order valence-corrected chi connectivity index (χ1v) is 6.61. The van der Waals surface area contributed by atoms with Crippen LogP contribution in [0.15, 0.2) is 47.5 Å². The van der Waals surface area contributed by atoms with Crippen molar-refractivity contribution in [2.75, 3.05) is 0 Å². The zero-order valence-electron chi connectivity index (χ0n) is 11.5. The highest BCUT2D eigenvalue weighted by atomic mass is 19.2. The largest absolute Gasteiger partial charge is 0.392 e. The van der Waals surface area contributed by atoms with E-state index in [1.165, 1.54) is 10.9 Å². The zero-order chi connectivity index (χ0) is 15.7. The van der Waals surface area contributed by atoms with Gasteiger partial charge in [0.1, 0.15) is 0 Å². The minimum Gasteiger partial charge on any atom is -0.392 e. The first-order chi connectivity index (χ1) is 10.6. The highest BCUT2D eigenvalue weighted by molar-refractivity contribution is 5.77. The molecule has 0 unspecified atom stereocenters. The molecule has 0 radical (unpaired) electrons. The fourth-order valence-electron chi connectivity index (χ4n) is 2.21. The fraction of sp³-hybridized carbons (Fsp3) is 0.125. The van der Waals surface area contributed by atoms with E-state index >= 15 is 0 Å². The van der Waals surface area contributed by atoms with Gasteiger partial charge in [0.15, 0.2) is 11.6 Å². The number of aromatic nitrogens is 2. The number of halogens is 2. The van der Waals surface area contributed by atoms with E-state index in [4.69, 9.17) is 5.11 Å². The van der Waals surface area contributed by atoms with Crippen molar-refractivity contribution in [2.24, 2.45) is 0 Å². The summed E-state index contributed by atoms with van der Waals surface area (Å²) in [6.45, 7) is 0.203. The van der Waals surface area contributed by atoms with Gasteiger partial charge < -0.3 is 5.11 Å². The maximum Gasteiger partial charge on any atom is 0.261 e. The number of fused-ring (bicyclic) bond motifs is 1. The van der Waals surface area contributed by atoms with E-state index in [0.717, 1.165) is 23.3 Å². The molecular weight excluding hydrogens is 290 g/mol. The van der Waals surface area contributed by atoms with Crippen LogP contribution in [0.5, 0.6) is 0 Å². The molecule has 2 aromatic carbocycles. The van der Waals surface area contributed by atoms with Crippen LogP contribution in [0.25, 0.3) is 10.9 Å². The van der Waals surface area contributed by atoms with Gasteiger partial charge in [0.25, 0.3) is 5.56 Å². The molecule has 1 heterocycles. The second-order valence-corrected chi connectivity index (χ2v) is 4.94. The lowest BCUT2D eigenvalue weighted by Gasteiger charge is -2.07. The zero-order valence-corrected chi connectivity index (χ0v) is 11.5. The third kappa shape index (κ3) is 2.60. The normalized spacial score (nSPS) is 11.0. The molecule has 1 aromatic heterocycles. The van der Waals surface area contributed by atoms with Crippen molar-refractivity contribution in [3.05, 3.63) is 75.8 Å². The van der Waals surface area contributed by atoms with Gasteiger partial charge in [-0.25, -0.2) is 13.8 Å². The number of aliphatic hydroxyl groups excluding tert-OH is 1. The Hall–Kier alpha value is -2.60. The van der Waals surface area contributed by atoms with Crippen molar-refractivity contribution in [2.45, 2.75) is 13.2 Å². The minimum absolute atomic E-state index is 0.0355. The van der Waals surface area contributed by atoms with Crippen LogP contribution in [0.1, 0.15) is 11.1 Å². The summed E-state index contributed by atoms with van der Waals surface area (Å²) in [5.74, 6) is -2.10. The summed E-state index contributed by atoms with van der Waals surface area (Å²) in [5, 5.41) is 9.03. The van der Waals surface area contributed by atoms with Gasteiger partial charge in [-0.15, -0.1) is 0 Å². The van der Waals surface area contributed by atoms with Gasteiger partial charge >= 0.3 is 0 Å². The van der Waals surface area contributed by atoms with Gasteiger partial charge in [0.05, 0.1) is 30.4 Å². The van der Waals surface area contributed by atoms with Crippen molar-refractivity contribution in [3.63, 3.8) is 0 Å². The Morgan fingerprint density at radius 1 is 1.05 bits per heavy atom. The number of rotatable bonds is 3. The molecule has 3 rings (SSSR count). The Morgan fingerprint density at radius 3 is 2.36 bits per heavy atom. The Balaban J connectivity index is 2.02. The van der Waals surface area contributed by atoms with E-state index in [9.17, 15) is 13.6 Å². The van der Waals surface area contributed by atoms with E-state index in [-0.39, 0.29) is 24.1 Å². The molecule has 1 N–H and O–H groups in total. The highest BCUT2D eigenvalue weighted by Gasteiger charge is 2.10. The number of aliphatic hydroxyl groups is 1. The molecule has 0 aliphatic heterocycles. The Morgan fingerprint density at radius 2 is 1.68 bits per heavy atom. The quantitative estimate of drug-likeness (QED) is 0.807. The average Bonchev–Trinajstić information content (AvgIpc) is 2.53. The number of nitrogens with zero attached hydrogens (tertiary/aromatic N) is 2. The fourth-order valence-corrected chi connectivity index (χ4v) is 2.21. The van der Waals surface area contributed by atoms with Gasteiger partial charge in [-0.3, -0.25) is 9.36 Å². The topological polar surface area (TPSA) is 55.1 Å². The van der Waals surface area contributed by atoms with Crippen molar-refractivity contribution in [3.8, 4) is 0 Å². The summed E-state index contributed by atoms with van der Waals surface area (Å²) in [7, 11) is 0. The number of hydrogen-bond donors (Lipinski definition) is 1. The van der Waals surface area contributed by atoms with Gasteiger partial charge in [0.2, 0.25) is 0 Å². The smallest absolute Gasteiger partial charge is 0.261 e. The van der Waals surface area contributed by atoms with Crippen LogP contribution in [-0.2, 0) is 13.2 Å². The number of hydrogen-bond acceptors (Lipinski definition) is 3.